The number of ether oxygens (including phenoxy) is 1. The van der Waals surface area contributed by atoms with Gasteiger partial charge in [-0.2, -0.15) is 0 Å². The molecule has 7 nitrogen and oxygen atoms in total. The van der Waals surface area contributed by atoms with Gasteiger partial charge in [-0.3, -0.25) is 14.5 Å². The molecule has 1 saturated heterocycles. The summed E-state index contributed by atoms with van der Waals surface area (Å²) in [5.41, 5.74) is 0.476. The smallest absolute Gasteiger partial charge is 0.227 e. The first kappa shape index (κ1) is 20.7. The van der Waals surface area contributed by atoms with E-state index in [1.54, 1.807) is 6.07 Å². The number of carbonyl (C=O) groups excluding carboxylic acids is 1. The number of morpholine rings is 1. The molecule has 0 radical (unpaired) electrons. The lowest BCUT2D eigenvalue weighted by atomic mass is 10.2. The van der Waals surface area contributed by atoms with Crippen LogP contribution in [0.5, 0.6) is 5.75 Å². The molecule has 1 amide bonds. The van der Waals surface area contributed by atoms with Crippen LogP contribution in [0.4, 0.5) is 0 Å². The van der Waals surface area contributed by atoms with Crippen LogP contribution >= 0.6 is 23.2 Å². The predicted octanol–water partition coefficient (Wildman–Crippen LogP) is 2.21. The van der Waals surface area contributed by atoms with Crippen molar-refractivity contribution in [2.24, 2.45) is 0 Å². The summed E-state index contributed by atoms with van der Waals surface area (Å²) in [5, 5.41) is 13.0. The number of rotatable bonds is 6. The maximum atomic E-state index is 12.1. The van der Waals surface area contributed by atoms with E-state index in [4.69, 9.17) is 37.5 Å². The molecule has 1 atom stereocenters. The van der Waals surface area contributed by atoms with Gasteiger partial charge >= 0.3 is 0 Å². The van der Waals surface area contributed by atoms with Crippen molar-refractivity contribution in [2.45, 2.75) is 19.1 Å². The minimum atomic E-state index is -0.581. The number of nitrogens with one attached hydrogen (secondary N) is 1. The van der Waals surface area contributed by atoms with Crippen molar-refractivity contribution in [3.63, 3.8) is 0 Å². The third kappa shape index (κ3) is 5.72. The van der Waals surface area contributed by atoms with E-state index in [2.05, 4.69) is 10.2 Å². The average Bonchev–Trinajstić information content (AvgIpc) is 2.66. The van der Waals surface area contributed by atoms with Gasteiger partial charge in [0.2, 0.25) is 11.3 Å². The molecule has 1 aromatic carbocycles. The monoisotopic (exact) mass is 426 g/mol. The van der Waals surface area contributed by atoms with Crippen molar-refractivity contribution in [3.8, 4) is 5.75 Å². The number of benzene rings is 1. The Kier molecular flexibility index (Phi) is 6.96. The summed E-state index contributed by atoms with van der Waals surface area (Å²) in [6, 6.07) is 6.66. The number of nitrogens with zero attached hydrogens (tertiary/aromatic N) is 1. The molecule has 1 aromatic heterocycles. The molecule has 0 aliphatic carbocycles. The topological polar surface area (TPSA) is 92.0 Å². The van der Waals surface area contributed by atoms with Gasteiger partial charge in [0.15, 0.2) is 5.75 Å². The van der Waals surface area contributed by atoms with E-state index < -0.39 is 11.2 Å². The number of hydrogen-bond acceptors (Lipinski definition) is 6. The van der Waals surface area contributed by atoms with E-state index in [1.165, 1.54) is 0 Å². The largest absolute Gasteiger partial charge is 0.502 e. The molecule has 2 N–H and O–H groups in total. The average molecular weight is 427 g/mol. The first-order valence-corrected chi connectivity index (χ1v) is 9.51. The highest BCUT2D eigenvalue weighted by Crippen LogP contribution is 2.23. The SMILES string of the molecule is O=C(Cc1cc(=O)c(O)co1)NC[C@H]1CN(Cc2ccc(Cl)c(Cl)c2)CCO1. The summed E-state index contributed by atoms with van der Waals surface area (Å²) in [5.74, 6) is -0.591. The fourth-order valence-electron chi connectivity index (χ4n) is 2.93. The summed E-state index contributed by atoms with van der Waals surface area (Å²) in [6.45, 7) is 3.06. The summed E-state index contributed by atoms with van der Waals surface area (Å²) < 4.78 is 10.7. The summed E-state index contributed by atoms with van der Waals surface area (Å²) in [7, 11) is 0. The maximum absolute atomic E-state index is 12.1. The first-order valence-electron chi connectivity index (χ1n) is 8.76. The minimum Gasteiger partial charge on any atom is -0.502 e. The van der Waals surface area contributed by atoms with Crippen LogP contribution in [0.15, 0.2) is 39.7 Å². The van der Waals surface area contributed by atoms with Crippen molar-refractivity contribution in [2.75, 3.05) is 26.2 Å². The number of hydrogen-bond donors (Lipinski definition) is 2. The number of carbonyl (C=O) groups is 1. The van der Waals surface area contributed by atoms with E-state index >= 15 is 0 Å². The quantitative estimate of drug-likeness (QED) is 0.735. The molecule has 28 heavy (non-hydrogen) atoms. The lowest BCUT2D eigenvalue weighted by Gasteiger charge is -2.33. The Morgan fingerprint density at radius 1 is 1.29 bits per heavy atom. The Labute approximate surface area is 171 Å². The van der Waals surface area contributed by atoms with E-state index in [-0.39, 0.29) is 24.2 Å². The lowest BCUT2D eigenvalue weighted by molar-refractivity contribution is -0.122. The zero-order valence-corrected chi connectivity index (χ0v) is 16.5. The van der Waals surface area contributed by atoms with Gasteiger partial charge in [0, 0.05) is 32.2 Å². The Hall–Kier alpha value is -2.06. The van der Waals surface area contributed by atoms with Crippen LogP contribution in [0.3, 0.4) is 0 Å². The molecule has 2 aromatic rings. The van der Waals surface area contributed by atoms with Crippen molar-refractivity contribution in [3.05, 3.63) is 62.1 Å². The van der Waals surface area contributed by atoms with Crippen LogP contribution in [0, 0.1) is 0 Å². The third-order valence-corrected chi connectivity index (χ3v) is 5.08. The van der Waals surface area contributed by atoms with E-state index in [1.807, 2.05) is 12.1 Å². The van der Waals surface area contributed by atoms with Crippen molar-refractivity contribution >= 4 is 29.1 Å². The second-order valence-corrected chi connectivity index (χ2v) is 7.37. The standard InChI is InChI=1S/C19H20Cl2N2O5/c20-15-2-1-12(5-16(15)21)9-23-3-4-27-14(10-23)8-22-19(26)7-13-6-17(24)18(25)11-28-13/h1-2,5-6,11,14,25H,3-4,7-10H2,(H,22,26)/t14-/m0/s1. The Morgan fingerprint density at radius 3 is 2.86 bits per heavy atom. The molecule has 3 rings (SSSR count). The van der Waals surface area contributed by atoms with Gasteiger partial charge in [0.05, 0.1) is 29.2 Å². The van der Waals surface area contributed by atoms with Crippen LogP contribution < -0.4 is 10.7 Å². The van der Waals surface area contributed by atoms with Gasteiger partial charge in [0.25, 0.3) is 0 Å². The number of amides is 1. The molecular formula is C19H20Cl2N2O5. The van der Waals surface area contributed by atoms with Crippen LogP contribution in [-0.4, -0.2) is 48.3 Å². The Morgan fingerprint density at radius 2 is 2.11 bits per heavy atom. The molecular weight excluding hydrogens is 407 g/mol. The van der Waals surface area contributed by atoms with E-state index in [0.29, 0.717) is 36.3 Å². The van der Waals surface area contributed by atoms with Crippen LogP contribution in [0.1, 0.15) is 11.3 Å². The van der Waals surface area contributed by atoms with Gasteiger partial charge in [-0.1, -0.05) is 29.3 Å². The zero-order valence-electron chi connectivity index (χ0n) is 15.0. The van der Waals surface area contributed by atoms with E-state index in [0.717, 1.165) is 24.4 Å². The van der Waals surface area contributed by atoms with Crippen molar-refractivity contribution < 1.29 is 19.1 Å². The normalized spacial score (nSPS) is 17.4. The minimum absolute atomic E-state index is 0.0881. The van der Waals surface area contributed by atoms with Gasteiger partial charge in [0.1, 0.15) is 12.0 Å². The molecule has 1 fully saturated rings. The summed E-state index contributed by atoms with van der Waals surface area (Å²) >= 11 is 12.0. The van der Waals surface area contributed by atoms with Crippen LogP contribution in [0.25, 0.3) is 0 Å². The van der Waals surface area contributed by atoms with Gasteiger partial charge in [-0.05, 0) is 17.7 Å². The highest BCUT2D eigenvalue weighted by Gasteiger charge is 2.21. The molecule has 0 saturated carbocycles. The summed E-state index contributed by atoms with van der Waals surface area (Å²) in [4.78, 5) is 25.7. The van der Waals surface area contributed by atoms with Crippen molar-refractivity contribution in [1.82, 2.24) is 10.2 Å². The van der Waals surface area contributed by atoms with Crippen LogP contribution in [0.2, 0.25) is 10.0 Å². The fraction of sp³-hybridized carbons (Fsp3) is 0.368. The van der Waals surface area contributed by atoms with Gasteiger partial charge in [-0.25, -0.2) is 0 Å². The van der Waals surface area contributed by atoms with Crippen molar-refractivity contribution in [1.29, 1.82) is 0 Å². The predicted molar refractivity (Wildman–Crippen MR) is 105 cm³/mol. The van der Waals surface area contributed by atoms with E-state index in [9.17, 15) is 9.59 Å². The summed E-state index contributed by atoms with van der Waals surface area (Å²) in [6.07, 6.45) is 0.693. The Bertz CT molecular complexity index is 902. The third-order valence-electron chi connectivity index (χ3n) is 4.34. The molecule has 0 bridgehead atoms. The highest BCUT2D eigenvalue weighted by atomic mass is 35.5. The second-order valence-electron chi connectivity index (χ2n) is 6.55. The highest BCUT2D eigenvalue weighted by molar-refractivity contribution is 6.42. The lowest BCUT2D eigenvalue weighted by Crippen LogP contribution is -2.47. The molecule has 1 aliphatic rings. The number of aromatic hydroxyl groups is 1. The molecule has 0 unspecified atom stereocenters. The fourth-order valence-corrected chi connectivity index (χ4v) is 3.25. The molecule has 150 valence electrons. The first-order chi connectivity index (χ1) is 13.4. The maximum Gasteiger partial charge on any atom is 0.227 e. The number of halogens is 2. The zero-order chi connectivity index (χ0) is 20.1. The molecule has 1 aliphatic heterocycles. The van der Waals surface area contributed by atoms with Crippen LogP contribution in [-0.2, 0) is 22.5 Å². The second kappa shape index (κ2) is 9.43. The molecule has 0 spiro atoms. The Balaban J connectivity index is 1.47. The molecule has 2 heterocycles. The van der Waals surface area contributed by atoms with Gasteiger partial charge in [-0.15, -0.1) is 0 Å². The molecule has 9 heteroatoms. The van der Waals surface area contributed by atoms with Gasteiger partial charge < -0.3 is 19.6 Å².